The molecule has 0 bridgehead atoms. The number of piperidine rings is 1. The summed E-state index contributed by atoms with van der Waals surface area (Å²) in [6.45, 7) is 3.51. The summed E-state index contributed by atoms with van der Waals surface area (Å²) in [5.41, 5.74) is 1.57. The van der Waals surface area contributed by atoms with Crippen molar-refractivity contribution in [3.8, 4) is 5.75 Å². The second kappa shape index (κ2) is 14.4. The maximum absolute atomic E-state index is 11.8. The Bertz CT molecular complexity index is 1190. The first-order chi connectivity index (χ1) is 17.9. The summed E-state index contributed by atoms with van der Waals surface area (Å²) < 4.78 is 6.15. The first-order valence-corrected chi connectivity index (χ1v) is 14.3. The average Bonchev–Trinajstić information content (AvgIpc) is 2.91. The topological polar surface area (TPSA) is 35.9 Å². The van der Waals surface area contributed by atoms with E-state index in [1.54, 1.807) is 0 Å². The minimum atomic E-state index is -0.673. The molecule has 5 rings (SSSR count). The number of likely N-dealkylation sites (tertiary alicyclic amines) is 1. The molecule has 3 aromatic carbocycles. The normalized spacial score (nSPS) is 18.8. The van der Waals surface area contributed by atoms with Crippen LogP contribution in [0.1, 0.15) is 62.0 Å². The van der Waals surface area contributed by atoms with Crippen LogP contribution in [0.2, 0.25) is 5.02 Å². The van der Waals surface area contributed by atoms with Gasteiger partial charge >= 0.3 is 0 Å². The molecule has 0 amide bonds. The van der Waals surface area contributed by atoms with Crippen molar-refractivity contribution in [3.63, 3.8) is 0 Å². The Balaban J connectivity index is 0.00000210. The summed E-state index contributed by atoms with van der Waals surface area (Å²) in [6, 6.07) is 21.6. The minimum Gasteiger partial charge on any atom is -0.487 e. The van der Waals surface area contributed by atoms with Crippen LogP contribution in [0.15, 0.2) is 60.7 Å². The molecule has 2 fully saturated rings. The number of rotatable bonds is 8. The number of aliphatic hydroxyl groups is 1. The predicted octanol–water partition coefficient (Wildman–Crippen LogP) is 7.72. The molecule has 0 aromatic heterocycles. The number of halogens is 3. The largest absolute Gasteiger partial charge is 0.487 e. The molecule has 1 N–H and O–H groups in total. The molecular formula is C32H43Cl3N2O2. The van der Waals surface area contributed by atoms with Gasteiger partial charge in [0.25, 0.3) is 0 Å². The first-order valence-electron chi connectivity index (χ1n) is 13.9. The fraction of sp³-hybridized carbons (Fsp3) is 0.500. The Labute approximate surface area is 251 Å². The lowest BCUT2D eigenvalue weighted by Gasteiger charge is -2.43. The number of fused-ring (bicyclic) bond motifs is 1. The molecule has 1 unspecified atom stereocenters. The fourth-order valence-electron chi connectivity index (χ4n) is 6.32. The Morgan fingerprint density at radius 3 is 2.31 bits per heavy atom. The van der Waals surface area contributed by atoms with Gasteiger partial charge in [0.1, 0.15) is 12.4 Å². The van der Waals surface area contributed by atoms with Crippen molar-refractivity contribution in [1.29, 1.82) is 0 Å². The third-order valence-corrected chi connectivity index (χ3v) is 8.96. The quantitative estimate of drug-likeness (QED) is 0.290. The van der Waals surface area contributed by atoms with Crippen LogP contribution in [0.25, 0.3) is 10.8 Å². The Morgan fingerprint density at radius 1 is 0.949 bits per heavy atom. The Morgan fingerprint density at radius 2 is 1.64 bits per heavy atom. The van der Waals surface area contributed by atoms with E-state index in [-0.39, 0.29) is 30.7 Å². The highest BCUT2D eigenvalue weighted by atomic mass is 35.5. The van der Waals surface area contributed by atoms with E-state index in [9.17, 15) is 5.11 Å². The zero-order chi connectivity index (χ0) is 25.8. The average molecular weight is 594 g/mol. The van der Waals surface area contributed by atoms with Gasteiger partial charge < -0.3 is 19.6 Å². The molecule has 1 atom stereocenters. The molecule has 4 nitrogen and oxygen atoms in total. The third kappa shape index (κ3) is 7.81. The van der Waals surface area contributed by atoms with Gasteiger partial charge in [-0.25, -0.2) is 0 Å². The van der Waals surface area contributed by atoms with Crippen LogP contribution in [0.5, 0.6) is 5.75 Å². The van der Waals surface area contributed by atoms with Gasteiger partial charge in [-0.1, -0.05) is 73.3 Å². The number of hydrogen-bond acceptors (Lipinski definition) is 4. The summed E-state index contributed by atoms with van der Waals surface area (Å²) in [6.07, 6.45) is 7.49. The van der Waals surface area contributed by atoms with Crippen LogP contribution < -0.4 is 4.74 Å². The molecule has 1 heterocycles. The monoisotopic (exact) mass is 592 g/mol. The van der Waals surface area contributed by atoms with Gasteiger partial charge in [0.05, 0.1) is 10.6 Å². The Hall–Kier alpha value is -1.53. The SMILES string of the molecule is CN(C)C1CCN(CC(c2ccc(OCc3ccc4ccccc4c3)c(Cl)c2)C2(O)CCCCC2)CC1.Cl.Cl. The van der Waals surface area contributed by atoms with Crippen LogP contribution in [-0.2, 0) is 6.61 Å². The maximum Gasteiger partial charge on any atom is 0.138 e. The second-order valence-corrected chi connectivity index (χ2v) is 11.8. The fourth-order valence-corrected chi connectivity index (χ4v) is 6.56. The zero-order valence-corrected chi connectivity index (χ0v) is 25.5. The minimum absolute atomic E-state index is 0. The van der Waals surface area contributed by atoms with Gasteiger partial charge in [0.15, 0.2) is 0 Å². The predicted molar refractivity (Wildman–Crippen MR) is 168 cm³/mol. The third-order valence-electron chi connectivity index (χ3n) is 8.66. The van der Waals surface area contributed by atoms with Crippen LogP contribution in [0.4, 0.5) is 0 Å². The standard InChI is InChI=1S/C32H41ClN2O2.2ClH/c1-34(2)28-14-18-35(19-15-28)22-29(32(36)16-6-3-7-17-32)27-12-13-31(30(33)21-27)37-23-24-10-11-25-8-4-5-9-26(25)20-24;;/h4-5,8-13,20-21,28-29,36H,3,6-7,14-19,22-23H2,1-2H3;2*1H. The number of ether oxygens (including phenoxy) is 1. The van der Waals surface area contributed by atoms with Crippen molar-refractivity contribution < 1.29 is 9.84 Å². The lowest BCUT2D eigenvalue weighted by atomic mass is 9.72. The van der Waals surface area contributed by atoms with E-state index < -0.39 is 5.60 Å². The van der Waals surface area contributed by atoms with Crippen molar-refractivity contribution in [2.45, 2.75) is 69.1 Å². The van der Waals surface area contributed by atoms with Gasteiger partial charge in [0, 0.05) is 18.5 Å². The second-order valence-electron chi connectivity index (χ2n) is 11.4. The van der Waals surface area contributed by atoms with Gasteiger partial charge in [-0.3, -0.25) is 0 Å². The highest BCUT2D eigenvalue weighted by Crippen LogP contribution is 2.42. The molecule has 39 heavy (non-hydrogen) atoms. The van der Waals surface area contributed by atoms with Crippen LogP contribution >= 0.6 is 36.4 Å². The molecule has 1 saturated heterocycles. The van der Waals surface area contributed by atoms with Crippen LogP contribution in [0.3, 0.4) is 0 Å². The van der Waals surface area contributed by atoms with Crippen molar-refractivity contribution in [2.75, 3.05) is 33.7 Å². The lowest BCUT2D eigenvalue weighted by Crippen LogP contribution is -2.48. The molecule has 1 aliphatic carbocycles. The van der Waals surface area contributed by atoms with Crippen molar-refractivity contribution in [3.05, 3.63) is 76.8 Å². The molecular weight excluding hydrogens is 551 g/mol. The molecule has 1 aliphatic heterocycles. The van der Waals surface area contributed by atoms with Gasteiger partial charge in [-0.2, -0.15) is 0 Å². The summed E-state index contributed by atoms with van der Waals surface area (Å²) in [4.78, 5) is 4.90. The summed E-state index contributed by atoms with van der Waals surface area (Å²) in [5.74, 6) is 0.746. The highest BCUT2D eigenvalue weighted by molar-refractivity contribution is 6.32. The number of nitrogens with zero attached hydrogens (tertiary/aromatic N) is 2. The first kappa shape index (κ1) is 32.0. The van der Waals surface area contributed by atoms with Crippen LogP contribution in [-0.4, -0.2) is 60.3 Å². The van der Waals surface area contributed by atoms with Crippen molar-refractivity contribution >= 4 is 47.2 Å². The number of benzene rings is 3. The van der Waals surface area contributed by atoms with E-state index in [0.717, 1.165) is 56.4 Å². The van der Waals surface area contributed by atoms with E-state index in [2.05, 4.69) is 72.4 Å². The van der Waals surface area contributed by atoms with E-state index >= 15 is 0 Å². The molecule has 7 heteroatoms. The highest BCUT2D eigenvalue weighted by Gasteiger charge is 2.40. The van der Waals surface area contributed by atoms with Gasteiger partial charge in [-0.15, -0.1) is 24.8 Å². The summed E-state index contributed by atoms with van der Waals surface area (Å²) in [7, 11) is 4.36. The molecule has 0 radical (unpaired) electrons. The maximum atomic E-state index is 11.8. The van der Waals surface area contributed by atoms with Crippen molar-refractivity contribution in [2.24, 2.45) is 0 Å². The van der Waals surface area contributed by atoms with Gasteiger partial charge in [-0.05, 0) is 93.0 Å². The van der Waals surface area contributed by atoms with Crippen molar-refractivity contribution in [1.82, 2.24) is 9.80 Å². The summed E-state index contributed by atoms with van der Waals surface area (Å²) in [5, 5.41) is 14.9. The molecule has 0 spiro atoms. The van der Waals surface area contributed by atoms with E-state index in [0.29, 0.717) is 23.4 Å². The van der Waals surface area contributed by atoms with Crippen LogP contribution in [0, 0.1) is 0 Å². The number of hydrogen-bond donors (Lipinski definition) is 1. The lowest BCUT2D eigenvalue weighted by molar-refractivity contribution is -0.0335. The molecule has 3 aromatic rings. The Kier molecular flexibility index (Phi) is 11.8. The van der Waals surface area contributed by atoms with E-state index in [1.165, 1.54) is 30.0 Å². The van der Waals surface area contributed by atoms with Gasteiger partial charge in [0.2, 0.25) is 0 Å². The zero-order valence-electron chi connectivity index (χ0n) is 23.2. The smallest absolute Gasteiger partial charge is 0.138 e. The summed E-state index contributed by atoms with van der Waals surface area (Å²) >= 11 is 6.79. The molecule has 2 aliphatic rings. The van der Waals surface area contributed by atoms with E-state index in [1.807, 2.05) is 12.1 Å². The van der Waals surface area contributed by atoms with E-state index in [4.69, 9.17) is 16.3 Å². The molecule has 214 valence electrons. The molecule has 1 saturated carbocycles.